The molecule has 0 amide bonds. The van der Waals surface area contributed by atoms with Gasteiger partial charge in [0.2, 0.25) is 0 Å². The number of hydrogen-bond acceptors (Lipinski definition) is 3. The van der Waals surface area contributed by atoms with Crippen LogP contribution < -0.4 is 5.32 Å². The fourth-order valence-corrected chi connectivity index (χ4v) is 3.79. The number of piperidine rings is 1. The van der Waals surface area contributed by atoms with Crippen molar-refractivity contribution in [1.29, 1.82) is 0 Å². The SMILES string of the molecule is CSc1ccc(-c2cn3ccc(C4CCNCC4)c(F)c3n2)cc1. The first-order valence-corrected chi connectivity index (χ1v) is 9.51. The normalized spacial score (nSPS) is 15.9. The lowest BCUT2D eigenvalue weighted by molar-refractivity contribution is 0.445. The maximum Gasteiger partial charge on any atom is 0.174 e. The van der Waals surface area contributed by atoms with Crippen LogP contribution in [0.3, 0.4) is 0 Å². The maximum absolute atomic E-state index is 15.0. The molecule has 3 heterocycles. The summed E-state index contributed by atoms with van der Waals surface area (Å²) < 4.78 is 16.8. The second-order valence-corrected chi connectivity index (χ2v) is 7.07. The van der Waals surface area contributed by atoms with Crippen molar-refractivity contribution in [3.8, 4) is 11.3 Å². The van der Waals surface area contributed by atoms with E-state index < -0.39 is 0 Å². The molecule has 0 radical (unpaired) electrons. The Morgan fingerprint density at radius 3 is 2.62 bits per heavy atom. The number of fused-ring (bicyclic) bond motifs is 1. The van der Waals surface area contributed by atoms with Crippen molar-refractivity contribution in [3.63, 3.8) is 0 Å². The lowest BCUT2D eigenvalue weighted by Gasteiger charge is -2.23. The molecular formula is C19H20FN3S. The smallest absolute Gasteiger partial charge is 0.174 e. The Morgan fingerprint density at radius 1 is 1.17 bits per heavy atom. The molecule has 2 aromatic heterocycles. The number of thioether (sulfide) groups is 1. The average molecular weight is 341 g/mol. The fraction of sp³-hybridized carbons (Fsp3) is 0.316. The first kappa shape index (κ1) is 15.7. The van der Waals surface area contributed by atoms with Gasteiger partial charge in [0.05, 0.1) is 5.69 Å². The van der Waals surface area contributed by atoms with Gasteiger partial charge >= 0.3 is 0 Å². The molecular weight excluding hydrogens is 321 g/mol. The van der Waals surface area contributed by atoms with Gasteiger partial charge in [-0.2, -0.15) is 0 Å². The van der Waals surface area contributed by atoms with Crippen LogP contribution in [0.1, 0.15) is 24.3 Å². The van der Waals surface area contributed by atoms with Gasteiger partial charge in [0.1, 0.15) is 0 Å². The molecule has 1 aromatic carbocycles. The Kier molecular flexibility index (Phi) is 4.29. The molecule has 0 unspecified atom stereocenters. The van der Waals surface area contributed by atoms with E-state index in [2.05, 4.69) is 28.7 Å². The molecule has 1 aliphatic rings. The summed E-state index contributed by atoms with van der Waals surface area (Å²) in [6, 6.07) is 10.1. The first-order valence-electron chi connectivity index (χ1n) is 8.28. The lowest BCUT2D eigenvalue weighted by atomic mass is 9.90. The second kappa shape index (κ2) is 6.57. The van der Waals surface area contributed by atoms with Gasteiger partial charge in [-0.05, 0) is 61.9 Å². The summed E-state index contributed by atoms with van der Waals surface area (Å²) in [5.41, 5.74) is 3.05. The lowest BCUT2D eigenvalue weighted by Crippen LogP contribution is -2.27. The average Bonchev–Trinajstić information content (AvgIpc) is 3.08. The molecule has 1 fully saturated rings. The van der Waals surface area contributed by atoms with Crippen LogP contribution in [-0.4, -0.2) is 28.7 Å². The van der Waals surface area contributed by atoms with E-state index in [1.165, 1.54) is 4.90 Å². The molecule has 1 saturated heterocycles. The van der Waals surface area contributed by atoms with Crippen LogP contribution in [0.4, 0.5) is 4.39 Å². The number of nitrogens with zero attached hydrogens (tertiary/aromatic N) is 2. The zero-order valence-electron chi connectivity index (χ0n) is 13.6. The fourth-order valence-electron chi connectivity index (χ4n) is 3.38. The number of aromatic nitrogens is 2. The van der Waals surface area contributed by atoms with E-state index in [1.807, 2.05) is 30.6 Å². The number of halogens is 1. The second-order valence-electron chi connectivity index (χ2n) is 6.19. The molecule has 3 aromatic rings. The van der Waals surface area contributed by atoms with E-state index >= 15 is 0 Å². The molecule has 0 spiro atoms. The zero-order valence-corrected chi connectivity index (χ0v) is 14.4. The summed E-state index contributed by atoms with van der Waals surface area (Å²) in [4.78, 5) is 5.77. The van der Waals surface area contributed by atoms with Crippen molar-refractivity contribution in [2.75, 3.05) is 19.3 Å². The number of rotatable bonds is 3. The summed E-state index contributed by atoms with van der Waals surface area (Å²) in [6.45, 7) is 1.91. The Hall–Kier alpha value is -1.85. The molecule has 4 rings (SSSR count). The summed E-state index contributed by atoms with van der Waals surface area (Å²) in [5, 5.41) is 3.33. The molecule has 0 atom stereocenters. The van der Waals surface area contributed by atoms with Crippen molar-refractivity contribution in [2.45, 2.75) is 23.7 Å². The Balaban J connectivity index is 1.73. The topological polar surface area (TPSA) is 29.3 Å². The minimum absolute atomic E-state index is 0.170. The highest BCUT2D eigenvalue weighted by molar-refractivity contribution is 7.98. The third kappa shape index (κ3) is 2.82. The van der Waals surface area contributed by atoms with Crippen LogP contribution in [0.5, 0.6) is 0 Å². The maximum atomic E-state index is 15.0. The van der Waals surface area contributed by atoms with Crippen LogP contribution in [0.25, 0.3) is 16.9 Å². The quantitative estimate of drug-likeness (QED) is 0.719. The third-order valence-electron chi connectivity index (χ3n) is 4.76. The molecule has 0 bridgehead atoms. The molecule has 3 nitrogen and oxygen atoms in total. The van der Waals surface area contributed by atoms with Gasteiger partial charge in [0.25, 0.3) is 0 Å². The molecule has 5 heteroatoms. The van der Waals surface area contributed by atoms with Crippen molar-refractivity contribution in [2.24, 2.45) is 0 Å². The number of benzene rings is 1. The van der Waals surface area contributed by atoms with Crippen LogP contribution in [-0.2, 0) is 0 Å². The van der Waals surface area contributed by atoms with Gasteiger partial charge in [-0.1, -0.05) is 12.1 Å². The van der Waals surface area contributed by atoms with E-state index in [0.717, 1.165) is 42.8 Å². The minimum Gasteiger partial charge on any atom is -0.317 e. The molecule has 124 valence electrons. The summed E-state index contributed by atoms with van der Waals surface area (Å²) in [7, 11) is 0. The predicted octanol–water partition coefficient (Wildman–Crippen LogP) is 4.33. The van der Waals surface area contributed by atoms with E-state index in [1.54, 1.807) is 16.2 Å². The Morgan fingerprint density at radius 2 is 1.92 bits per heavy atom. The predicted molar refractivity (Wildman–Crippen MR) is 97.2 cm³/mol. The number of pyridine rings is 1. The molecule has 0 saturated carbocycles. The van der Waals surface area contributed by atoms with Crippen molar-refractivity contribution >= 4 is 17.4 Å². The van der Waals surface area contributed by atoms with Crippen LogP contribution in [0, 0.1) is 5.82 Å². The number of hydrogen-bond donors (Lipinski definition) is 1. The van der Waals surface area contributed by atoms with Crippen molar-refractivity contribution < 1.29 is 4.39 Å². The molecule has 24 heavy (non-hydrogen) atoms. The Bertz CT molecular complexity index is 851. The van der Waals surface area contributed by atoms with Crippen molar-refractivity contribution in [1.82, 2.24) is 14.7 Å². The monoisotopic (exact) mass is 341 g/mol. The van der Waals surface area contributed by atoms with Gasteiger partial charge in [-0.25, -0.2) is 9.37 Å². The van der Waals surface area contributed by atoms with Gasteiger partial charge in [0, 0.05) is 22.9 Å². The Labute approximate surface area is 145 Å². The van der Waals surface area contributed by atoms with Crippen LogP contribution in [0.15, 0.2) is 47.6 Å². The molecule has 1 aliphatic heterocycles. The molecule has 1 N–H and O–H groups in total. The highest BCUT2D eigenvalue weighted by atomic mass is 32.2. The minimum atomic E-state index is -0.170. The van der Waals surface area contributed by atoms with Crippen molar-refractivity contribution in [3.05, 3.63) is 54.1 Å². The summed E-state index contributed by atoms with van der Waals surface area (Å²) in [5.74, 6) is 0.119. The van der Waals surface area contributed by atoms with Gasteiger partial charge in [0.15, 0.2) is 11.5 Å². The first-order chi connectivity index (χ1) is 11.8. The van der Waals surface area contributed by atoms with Gasteiger partial charge in [-0.3, -0.25) is 0 Å². The third-order valence-corrected chi connectivity index (χ3v) is 5.51. The highest BCUT2D eigenvalue weighted by Crippen LogP contribution is 2.30. The van der Waals surface area contributed by atoms with Crippen LogP contribution >= 0.6 is 11.8 Å². The largest absolute Gasteiger partial charge is 0.317 e. The highest BCUT2D eigenvalue weighted by Gasteiger charge is 2.21. The number of imidazole rings is 1. The summed E-state index contributed by atoms with van der Waals surface area (Å²) in [6.07, 6.45) is 7.85. The zero-order chi connectivity index (χ0) is 16.5. The van der Waals surface area contributed by atoms with E-state index in [4.69, 9.17) is 0 Å². The standard InChI is InChI=1S/C19H20FN3S/c1-24-15-4-2-14(3-5-15)17-12-23-11-8-16(18(20)19(23)22-17)13-6-9-21-10-7-13/h2-5,8,11-13,21H,6-7,9-10H2,1H3. The van der Waals surface area contributed by atoms with E-state index in [-0.39, 0.29) is 11.7 Å². The van der Waals surface area contributed by atoms with E-state index in [9.17, 15) is 4.39 Å². The van der Waals surface area contributed by atoms with Gasteiger partial charge in [-0.15, -0.1) is 11.8 Å². The summed E-state index contributed by atoms with van der Waals surface area (Å²) >= 11 is 1.71. The van der Waals surface area contributed by atoms with Gasteiger partial charge < -0.3 is 9.72 Å². The number of nitrogens with one attached hydrogen (secondary N) is 1. The molecule has 0 aliphatic carbocycles. The van der Waals surface area contributed by atoms with Crippen LogP contribution in [0.2, 0.25) is 0 Å². The van der Waals surface area contributed by atoms with E-state index in [0.29, 0.717) is 5.65 Å².